The quantitative estimate of drug-likeness (QED) is 0.796. The number of carbonyl (C=O) groups is 1. The summed E-state index contributed by atoms with van der Waals surface area (Å²) in [6.45, 7) is 2.19. The molecule has 3 rings (SSSR count). The number of nitrogen functional groups attached to an aromatic ring is 1. The minimum atomic E-state index is -0.617. The van der Waals surface area contributed by atoms with Crippen molar-refractivity contribution in [3.8, 4) is 11.5 Å². The summed E-state index contributed by atoms with van der Waals surface area (Å²) in [5.41, 5.74) is 7.81. The smallest absolute Gasteiger partial charge is 0.412 e. The second-order valence-corrected chi connectivity index (χ2v) is 4.98. The highest BCUT2D eigenvalue weighted by Gasteiger charge is 2.20. The molecule has 0 atom stereocenters. The number of fused-ring (bicyclic) bond motifs is 1. The molecule has 0 saturated heterocycles. The van der Waals surface area contributed by atoms with Crippen LogP contribution in [0.2, 0.25) is 0 Å². The third-order valence-electron chi connectivity index (χ3n) is 3.30. The molecule has 0 unspecified atom stereocenters. The Kier molecular flexibility index (Phi) is 4.19. The Balaban J connectivity index is 1.89. The molecule has 1 aliphatic heterocycles. The van der Waals surface area contributed by atoms with E-state index in [-0.39, 0.29) is 30.6 Å². The SMILES string of the molecule is CCOC(=O)Nc1cc2c(c(N)n1)N=C(c1ccc(O)cc1)CO2. The van der Waals surface area contributed by atoms with E-state index >= 15 is 0 Å². The van der Waals surface area contributed by atoms with E-state index in [9.17, 15) is 9.90 Å². The number of nitrogens with one attached hydrogen (secondary N) is 1. The maximum absolute atomic E-state index is 11.5. The van der Waals surface area contributed by atoms with E-state index in [4.69, 9.17) is 15.2 Å². The number of aromatic nitrogens is 1. The molecule has 1 aromatic heterocycles. The number of nitrogens with two attached hydrogens (primary N) is 1. The molecule has 0 spiro atoms. The molecule has 0 aliphatic carbocycles. The van der Waals surface area contributed by atoms with Crippen LogP contribution in [0.4, 0.5) is 22.1 Å². The number of aromatic hydroxyl groups is 1. The van der Waals surface area contributed by atoms with E-state index < -0.39 is 6.09 Å². The van der Waals surface area contributed by atoms with Gasteiger partial charge in [0.25, 0.3) is 0 Å². The summed E-state index contributed by atoms with van der Waals surface area (Å²) in [5, 5.41) is 11.8. The van der Waals surface area contributed by atoms with Gasteiger partial charge in [0, 0.05) is 6.07 Å². The van der Waals surface area contributed by atoms with Crippen LogP contribution in [0.1, 0.15) is 12.5 Å². The fourth-order valence-corrected chi connectivity index (χ4v) is 2.21. The van der Waals surface area contributed by atoms with Crippen molar-refractivity contribution in [1.82, 2.24) is 4.98 Å². The van der Waals surface area contributed by atoms with Crippen LogP contribution in [0, 0.1) is 0 Å². The zero-order valence-electron chi connectivity index (χ0n) is 12.9. The molecule has 8 heteroatoms. The molecule has 0 saturated carbocycles. The predicted molar refractivity (Wildman–Crippen MR) is 89.1 cm³/mol. The number of carbonyl (C=O) groups excluding carboxylic acids is 1. The Morgan fingerprint density at radius 2 is 2.17 bits per heavy atom. The van der Waals surface area contributed by atoms with Crippen molar-refractivity contribution in [3.05, 3.63) is 35.9 Å². The summed E-state index contributed by atoms with van der Waals surface area (Å²) < 4.78 is 10.5. The first-order chi connectivity index (χ1) is 11.6. The van der Waals surface area contributed by atoms with Gasteiger partial charge in [0.05, 0.1) is 12.3 Å². The van der Waals surface area contributed by atoms with Crippen molar-refractivity contribution < 1.29 is 19.4 Å². The number of pyridine rings is 1. The second-order valence-electron chi connectivity index (χ2n) is 4.98. The first kappa shape index (κ1) is 15.6. The zero-order chi connectivity index (χ0) is 17.1. The Bertz CT molecular complexity index is 802. The molecule has 1 amide bonds. The van der Waals surface area contributed by atoms with Gasteiger partial charge in [-0.15, -0.1) is 0 Å². The van der Waals surface area contributed by atoms with Gasteiger partial charge in [-0.3, -0.25) is 5.32 Å². The first-order valence-corrected chi connectivity index (χ1v) is 7.31. The van der Waals surface area contributed by atoms with Gasteiger partial charge in [-0.25, -0.2) is 14.8 Å². The van der Waals surface area contributed by atoms with Crippen LogP contribution in [0.15, 0.2) is 35.3 Å². The molecule has 0 fully saturated rings. The number of anilines is 2. The van der Waals surface area contributed by atoms with Gasteiger partial charge >= 0.3 is 6.09 Å². The van der Waals surface area contributed by atoms with Crippen LogP contribution >= 0.6 is 0 Å². The Morgan fingerprint density at radius 1 is 1.42 bits per heavy atom. The highest BCUT2D eigenvalue weighted by molar-refractivity contribution is 6.05. The third kappa shape index (κ3) is 3.22. The first-order valence-electron chi connectivity index (χ1n) is 7.31. The van der Waals surface area contributed by atoms with E-state index in [1.54, 1.807) is 37.3 Å². The summed E-state index contributed by atoms with van der Waals surface area (Å²) in [6.07, 6.45) is -0.617. The summed E-state index contributed by atoms with van der Waals surface area (Å²) in [6, 6.07) is 8.16. The van der Waals surface area contributed by atoms with Crippen molar-refractivity contribution >= 4 is 29.1 Å². The van der Waals surface area contributed by atoms with Crippen LogP contribution in [-0.4, -0.2) is 35.1 Å². The van der Waals surface area contributed by atoms with E-state index in [1.165, 1.54) is 0 Å². The predicted octanol–water partition coefficient (Wildman–Crippen LogP) is 2.45. The van der Waals surface area contributed by atoms with E-state index in [1.807, 2.05) is 0 Å². The lowest BCUT2D eigenvalue weighted by atomic mass is 10.1. The molecule has 2 aromatic rings. The van der Waals surface area contributed by atoms with E-state index in [0.717, 1.165) is 5.56 Å². The zero-order valence-corrected chi connectivity index (χ0v) is 12.9. The fourth-order valence-electron chi connectivity index (χ4n) is 2.21. The van der Waals surface area contributed by atoms with Crippen molar-refractivity contribution in [1.29, 1.82) is 0 Å². The lowest BCUT2D eigenvalue weighted by molar-refractivity contribution is 0.168. The maximum atomic E-state index is 11.5. The average Bonchev–Trinajstić information content (AvgIpc) is 2.55. The van der Waals surface area contributed by atoms with E-state index in [2.05, 4.69) is 15.3 Å². The monoisotopic (exact) mass is 328 g/mol. The number of amides is 1. The van der Waals surface area contributed by atoms with Gasteiger partial charge in [0.1, 0.15) is 23.9 Å². The van der Waals surface area contributed by atoms with Crippen LogP contribution < -0.4 is 15.8 Å². The van der Waals surface area contributed by atoms with Gasteiger partial charge in [0.15, 0.2) is 11.6 Å². The summed E-state index contributed by atoms with van der Waals surface area (Å²) in [5.74, 6) is 0.965. The van der Waals surface area contributed by atoms with Gasteiger partial charge in [-0.05, 0) is 36.8 Å². The number of ether oxygens (including phenoxy) is 2. The number of nitrogens with zero attached hydrogens (tertiary/aromatic N) is 2. The van der Waals surface area contributed by atoms with Crippen LogP contribution in [-0.2, 0) is 4.74 Å². The molecule has 24 heavy (non-hydrogen) atoms. The Morgan fingerprint density at radius 3 is 2.88 bits per heavy atom. The molecule has 124 valence electrons. The number of benzene rings is 1. The maximum Gasteiger partial charge on any atom is 0.412 e. The molecular formula is C16H16N4O4. The molecule has 0 radical (unpaired) electrons. The number of rotatable bonds is 3. The Hall–Kier alpha value is -3.29. The normalized spacial score (nSPS) is 12.6. The van der Waals surface area contributed by atoms with Crippen molar-refractivity contribution in [3.63, 3.8) is 0 Å². The number of aliphatic imine (C=N–C) groups is 1. The van der Waals surface area contributed by atoms with Crippen LogP contribution in [0.3, 0.4) is 0 Å². The molecule has 4 N–H and O–H groups in total. The largest absolute Gasteiger partial charge is 0.508 e. The molecule has 8 nitrogen and oxygen atoms in total. The Labute approximate surface area is 137 Å². The van der Waals surface area contributed by atoms with Gasteiger partial charge in [0.2, 0.25) is 0 Å². The number of hydrogen-bond donors (Lipinski definition) is 3. The topological polar surface area (TPSA) is 119 Å². The number of phenols is 1. The lowest BCUT2D eigenvalue weighted by Gasteiger charge is -2.19. The van der Waals surface area contributed by atoms with Crippen molar-refractivity contribution in [2.45, 2.75) is 6.92 Å². The third-order valence-corrected chi connectivity index (χ3v) is 3.30. The van der Waals surface area contributed by atoms with Crippen LogP contribution in [0.25, 0.3) is 0 Å². The van der Waals surface area contributed by atoms with Gasteiger partial charge < -0.3 is 20.3 Å². The molecular weight excluding hydrogens is 312 g/mol. The highest BCUT2D eigenvalue weighted by Crippen LogP contribution is 2.37. The molecule has 1 aromatic carbocycles. The van der Waals surface area contributed by atoms with Crippen molar-refractivity contribution in [2.24, 2.45) is 4.99 Å². The standard InChI is InChI=1S/C16H16N4O4/c1-2-23-16(22)20-13-7-12-14(15(17)19-13)18-11(8-24-12)9-3-5-10(21)6-4-9/h3-7,21H,2,8H2,1H3,(H3,17,19,20,22). The van der Waals surface area contributed by atoms with Crippen molar-refractivity contribution in [2.75, 3.05) is 24.3 Å². The summed E-state index contributed by atoms with van der Waals surface area (Å²) in [4.78, 5) is 20.0. The minimum absolute atomic E-state index is 0.135. The lowest BCUT2D eigenvalue weighted by Crippen LogP contribution is -2.18. The van der Waals surface area contributed by atoms with Gasteiger partial charge in [-0.1, -0.05) is 0 Å². The highest BCUT2D eigenvalue weighted by atomic mass is 16.5. The molecule has 2 heterocycles. The fraction of sp³-hybridized carbons (Fsp3) is 0.188. The van der Waals surface area contributed by atoms with E-state index in [0.29, 0.717) is 17.1 Å². The average molecular weight is 328 g/mol. The number of hydrogen-bond acceptors (Lipinski definition) is 7. The molecule has 1 aliphatic rings. The van der Waals surface area contributed by atoms with Crippen LogP contribution in [0.5, 0.6) is 11.5 Å². The summed E-state index contributed by atoms with van der Waals surface area (Å²) >= 11 is 0. The summed E-state index contributed by atoms with van der Waals surface area (Å²) in [7, 11) is 0. The minimum Gasteiger partial charge on any atom is -0.508 e. The van der Waals surface area contributed by atoms with Gasteiger partial charge in [-0.2, -0.15) is 0 Å². The molecule has 0 bridgehead atoms. The second kappa shape index (κ2) is 6.45. The number of phenolic OH excluding ortho intramolecular Hbond substituents is 1.